The van der Waals surface area contributed by atoms with Gasteiger partial charge in [0.05, 0.1) is 16.3 Å². The van der Waals surface area contributed by atoms with E-state index in [1.54, 1.807) is 0 Å². The Bertz CT molecular complexity index is 134. The van der Waals surface area contributed by atoms with Gasteiger partial charge in [0.25, 0.3) is 0 Å². The number of nitriles is 1. The molecule has 0 radical (unpaired) electrons. The summed E-state index contributed by atoms with van der Waals surface area (Å²) in [6.07, 6.45) is 3.25. The molecular weight excluding hydrogens is 130 g/mol. The minimum atomic E-state index is -0.335. The summed E-state index contributed by atoms with van der Waals surface area (Å²) >= 11 is 0. The smallest absolute Gasteiger partial charge is 0.131 e. The molecular formula is C6H11NOSi. The lowest BCUT2D eigenvalue weighted by Gasteiger charge is -2.26. The number of hydrogen-bond donors (Lipinski definition) is 0. The van der Waals surface area contributed by atoms with E-state index in [0.717, 1.165) is 36.1 Å². The number of nitrogens with zero attached hydrogens (tertiary/aromatic N) is 1. The summed E-state index contributed by atoms with van der Waals surface area (Å²) in [5, 5.41) is 8.27. The van der Waals surface area contributed by atoms with E-state index in [0.29, 0.717) is 0 Å². The monoisotopic (exact) mass is 141 g/mol. The second-order valence-electron chi connectivity index (χ2n) is 2.65. The lowest BCUT2D eigenvalue weighted by molar-refractivity contribution is 0.0205. The predicted octanol–water partition coefficient (Wildman–Crippen LogP) is -0.228. The first-order chi connectivity index (χ1) is 4.27. The zero-order chi connectivity index (χ0) is 6.74. The third-order valence-electron chi connectivity index (χ3n) is 1.71. The van der Waals surface area contributed by atoms with Gasteiger partial charge in [-0.3, -0.25) is 0 Å². The Balaban J connectivity index is 2.49. The molecule has 1 fully saturated rings. The molecule has 0 spiro atoms. The van der Waals surface area contributed by atoms with Crippen LogP contribution in [0.15, 0.2) is 0 Å². The molecule has 0 amide bonds. The zero-order valence-electron chi connectivity index (χ0n) is 5.68. The SMILES string of the molecule is N#CC1([SiH3])CCCCO1. The molecule has 2 nitrogen and oxygen atoms in total. The van der Waals surface area contributed by atoms with Gasteiger partial charge in [0.2, 0.25) is 0 Å². The van der Waals surface area contributed by atoms with Crippen LogP contribution < -0.4 is 0 Å². The van der Waals surface area contributed by atoms with Crippen LogP contribution in [0.1, 0.15) is 19.3 Å². The Morgan fingerprint density at radius 2 is 2.33 bits per heavy atom. The molecule has 9 heavy (non-hydrogen) atoms. The van der Waals surface area contributed by atoms with Crippen LogP contribution in [0.5, 0.6) is 0 Å². The van der Waals surface area contributed by atoms with Crippen LogP contribution >= 0.6 is 0 Å². The van der Waals surface area contributed by atoms with Crippen molar-refractivity contribution >= 4 is 10.2 Å². The van der Waals surface area contributed by atoms with Gasteiger partial charge in [0.1, 0.15) is 5.22 Å². The molecule has 1 rings (SSSR count). The Kier molecular flexibility index (Phi) is 1.89. The average Bonchev–Trinajstić information content (AvgIpc) is 1.90. The van der Waals surface area contributed by atoms with Gasteiger partial charge in [-0.15, -0.1) is 0 Å². The van der Waals surface area contributed by atoms with Crippen molar-refractivity contribution in [2.75, 3.05) is 6.61 Å². The maximum Gasteiger partial charge on any atom is 0.131 e. The van der Waals surface area contributed by atoms with E-state index in [1.165, 1.54) is 0 Å². The minimum absolute atomic E-state index is 0.335. The highest BCUT2D eigenvalue weighted by atomic mass is 28.1. The molecule has 1 atom stereocenters. The van der Waals surface area contributed by atoms with Gasteiger partial charge in [0.15, 0.2) is 0 Å². The third-order valence-corrected chi connectivity index (χ3v) is 2.72. The highest BCUT2D eigenvalue weighted by molar-refractivity contribution is 6.16. The molecule has 1 unspecified atom stereocenters. The summed E-state index contributed by atoms with van der Waals surface area (Å²) < 4.78 is 5.32. The van der Waals surface area contributed by atoms with Crippen LogP contribution in [0.25, 0.3) is 0 Å². The average molecular weight is 141 g/mol. The van der Waals surface area contributed by atoms with Crippen molar-refractivity contribution in [3.8, 4) is 6.07 Å². The minimum Gasteiger partial charge on any atom is -0.365 e. The molecule has 1 heterocycles. The molecule has 0 bridgehead atoms. The molecule has 50 valence electrons. The molecule has 0 aromatic rings. The lowest BCUT2D eigenvalue weighted by Crippen LogP contribution is -2.34. The molecule has 1 aliphatic heterocycles. The van der Waals surface area contributed by atoms with Crippen LogP contribution in [-0.4, -0.2) is 22.1 Å². The fourth-order valence-electron chi connectivity index (χ4n) is 1.02. The van der Waals surface area contributed by atoms with E-state index in [4.69, 9.17) is 10.00 Å². The molecule has 1 aliphatic rings. The topological polar surface area (TPSA) is 33.0 Å². The van der Waals surface area contributed by atoms with Gasteiger partial charge in [0, 0.05) is 6.61 Å². The fourth-order valence-corrected chi connectivity index (χ4v) is 1.58. The Labute approximate surface area is 58.2 Å². The predicted molar refractivity (Wildman–Crippen MR) is 38.1 cm³/mol. The molecule has 0 N–H and O–H groups in total. The highest BCUT2D eigenvalue weighted by Gasteiger charge is 2.26. The first-order valence-electron chi connectivity index (χ1n) is 3.32. The molecule has 0 saturated carbocycles. The van der Waals surface area contributed by atoms with Crippen molar-refractivity contribution in [2.45, 2.75) is 24.5 Å². The second-order valence-corrected chi connectivity index (χ2v) is 4.26. The van der Waals surface area contributed by atoms with Crippen molar-refractivity contribution in [2.24, 2.45) is 0 Å². The van der Waals surface area contributed by atoms with E-state index in [-0.39, 0.29) is 5.22 Å². The first-order valence-corrected chi connectivity index (χ1v) is 4.32. The zero-order valence-corrected chi connectivity index (χ0v) is 7.68. The fraction of sp³-hybridized carbons (Fsp3) is 0.833. The Morgan fingerprint density at radius 1 is 1.56 bits per heavy atom. The lowest BCUT2D eigenvalue weighted by atomic mass is 10.1. The van der Waals surface area contributed by atoms with Crippen LogP contribution in [-0.2, 0) is 4.74 Å². The van der Waals surface area contributed by atoms with Gasteiger partial charge < -0.3 is 4.74 Å². The van der Waals surface area contributed by atoms with Crippen molar-refractivity contribution < 1.29 is 4.74 Å². The van der Waals surface area contributed by atoms with Gasteiger partial charge >= 0.3 is 0 Å². The van der Waals surface area contributed by atoms with Crippen LogP contribution in [0.3, 0.4) is 0 Å². The van der Waals surface area contributed by atoms with E-state index in [2.05, 4.69) is 6.07 Å². The molecule has 3 heteroatoms. The van der Waals surface area contributed by atoms with Crippen molar-refractivity contribution in [1.82, 2.24) is 0 Å². The van der Waals surface area contributed by atoms with Crippen LogP contribution in [0, 0.1) is 11.3 Å². The van der Waals surface area contributed by atoms with Gasteiger partial charge in [-0.25, -0.2) is 0 Å². The summed E-state index contributed by atoms with van der Waals surface area (Å²) in [6.45, 7) is 0.789. The summed E-state index contributed by atoms with van der Waals surface area (Å²) in [4.78, 5) is 0. The van der Waals surface area contributed by atoms with Crippen molar-refractivity contribution in [3.05, 3.63) is 0 Å². The second kappa shape index (κ2) is 2.50. The quantitative estimate of drug-likeness (QED) is 0.437. The largest absolute Gasteiger partial charge is 0.365 e. The van der Waals surface area contributed by atoms with Gasteiger partial charge in [-0.1, -0.05) is 0 Å². The summed E-state index contributed by atoms with van der Waals surface area (Å²) in [5.41, 5.74) is 0. The summed E-state index contributed by atoms with van der Waals surface area (Å²) in [7, 11) is 0.847. The van der Waals surface area contributed by atoms with Gasteiger partial charge in [-0.05, 0) is 19.3 Å². The Morgan fingerprint density at radius 3 is 2.67 bits per heavy atom. The van der Waals surface area contributed by atoms with E-state index < -0.39 is 0 Å². The Hall–Kier alpha value is -0.333. The standard InChI is InChI=1S/C6H11NOSi/c7-5-6(9)3-1-2-4-8-6/h1-4H2,9H3. The normalized spacial score (nSPS) is 35.9. The van der Waals surface area contributed by atoms with E-state index in [9.17, 15) is 0 Å². The van der Waals surface area contributed by atoms with Crippen LogP contribution in [0.4, 0.5) is 0 Å². The van der Waals surface area contributed by atoms with Gasteiger partial charge in [-0.2, -0.15) is 5.26 Å². The first kappa shape index (κ1) is 6.78. The molecule has 0 aromatic carbocycles. The molecule has 1 saturated heterocycles. The maximum absolute atomic E-state index is 8.61. The van der Waals surface area contributed by atoms with E-state index in [1.807, 2.05) is 0 Å². The van der Waals surface area contributed by atoms with Crippen molar-refractivity contribution in [1.29, 1.82) is 5.26 Å². The van der Waals surface area contributed by atoms with Crippen LogP contribution in [0.2, 0.25) is 0 Å². The number of ether oxygens (including phenoxy) is 1. The summed E-state index contributed by atoms with van der Waals surface area (Å²) in [6, 6.07) is 2.22. The molecule has 0 aromatic heterocycles. The summed E-state index contributed by atoms with van der Waals surface area (Å²) in [5.74, 6) is 0. The number of hydrogen-bond acceptors (Lipinski definition) is 2. The maximum atomic E-state index is 8.61. The van der Waals surface area contributed by atoms with E-state index >= 15 is 0 Å². The third kappa shape index (κ3) is 1.53. The highest BCUT2D eigenvalue weighted by Crippen LogP contribution is 2.19. The molecule has 0 aliphatic carbocycles. The van der Waals surface area contributed by atoms with Crippen molar-refractivity contribution in [3.63, 3.8) is 0 Å². The number of rotatable bonds is 0.